The van der Waals surface area contributed by atoms with Gasteiger partial charge in [0.2, 0.25) is 0 Å². The van der Waals surface area contributed by atoms with Gasteiger partial charge in [-0.2, -0.15) is 0 Å². The van der Waals surface area contributed by atoms with Gasteiger partial charge in [0.05, 0.1) is 12.1 Å². The molecule has 5 nitrogen and oxygen atoms in total. The van der Waals surface area contributed by atoms with E-state index >= 15 is 0 Å². The number of carbonyl (C=O) groups is 1. The Kier molecular flexibility index (Phi) is 6.00. The number of halogens is 2. The average molecular weight is 354 g/mol. The third kappa shape index (κ3) is 4.59. The molecule has 0 saturated carbocycles. The van der Waals surface area contributed by atoms with Crippen LogP contribution < -0.4 is 15.2 Å². The summed E-state index contributed by atoms with van der Waals surface area (Å²) in [5.41, 5.74) is 7.00. The van der Waals surface area contributed by atoms with Gasteiger partial charge in [-0.05, 0) is 42.3 Å². The summed E-state index contributed by atoms with van der Waals surface area (Å²) in [5.74, 6) is -0.593. The van der Waals surface area contributed by atoms with E-state index in [2.05, 4.69) is 0 Å². The second-order valence-electron chi connectivity index (χ2n) is 5.16. The summed E-state index contributed by atoms with van der Waals surface area (Å²) in [5, 5.41) is 9.06. The molecule has 2 aromatic carbocycles. The van der Waals surface area contributed by atoms with Crippen molar-refractivity contribution in [2.75, 3.05) is 7.11 Å². The standard InChI is InChI=1S/C17H17ClFNO4/c1-23-15-4-2-10(7-14(20)17(21)22)6-11(15)9-24-16-5-3-12(19)8-13(16)18/h2-6,8,14H,7,9,20H2,1H3,(H,21,22). The van der Waals surface area contributed by atoms with E-state index in [0.29, 0.717) is 17.1 Å². The van der Waals surface area contributed by atoms with Crippen LogP contribution in [0.3, 0.4) is 0 Å². The van der Waals surface area contributed by atoms with E-state index in [1.54, 1.807) is 18.2 Å². The van der Waals surface area contributed by atoms with Crippen LogP contribution in [0.25, 0.3) is 0 Å². The summed E-state index contributed by atoms with van der Waals surface area (Å²) in [6.07, 6.45) is 0.184. The molecule has 0 fully saturated rings. The van der Waals surface area contributed by atoms with E-state index in [0.717, 1.165) is 11.6 Å². The first kappa shape index (κ1) is 18.0. The fourth-order valence-corrected chi connectivity index (χ4v) is 2.38. The Labute approximate surface area is 143 Å². The van der Waals surface area contributed by atoms with Crippen LogP contribution in [0.4, 0.5) is 4.39 Å². The minimum absolute atomic E-state index is 0.130. The van der Waals surface area contributed by atoms with Crippen molar-refractivity contribution in [3.63, 3.8) is 0 Å². The molecule has 0 spiro atoms. The molecule has 0 aliphatic heterocycles. The molecule has 0 aliphatic rings. The molecule has 3 N–H and O–H groups in total. The third-order valence-electron chi connectivity index (χ3n) is 3.39. The SMILES string of the molecule is COc1ccc(CC(N)C(=O)O)cc1COc1ccc(F)cc1Cl. The number of methoxy groups -OCH3 is 1. The van der Waals surface area contributed by atoms with Crippen LogP contribution in [-0.2, 0) is 17.8 Å². The van der Waals surface area contributed by atoms with Gasteiger partial charge in [0.25, 0.3) is 0 Å². The summed E-state index contributed by atoms with van der Waals surface area (Å²) in [6.45, 7) is 0.130. The molecule has 0 radical (unpaired) electrons. The van der Waals surface area contributed by atoms with Crippen LogP contribution >= 0.6 is 11.6 Å². The van der Waals surface area contributed by atoms with Gasteiger partial charge in [-0.15, -0.1) is 0 Å². The fraction of sp³-hybridized carbons (Fsp3) is 0.235. The zero-order valence-electron chi connectivity index (χ0n) is 13.0. The molecule has 1 atom stereocenters. The Hall–Kier alpha value is -2.31. The van der Waals surface area contributed by atoms with Crippen LogP contribution in [-0.4, -0.2) is 24.2 Å². The summed E-state index contributed by atoms with van der Waals surface area (Å²) in [4.78, 5) is 10.9. The molecule has 0 aliphatic carbocycles. The van der Waals surface area contributed by atoms with E-state index in [-0.39, 0.29) is 18.1 Å². The molecule has 24 heavy (non-hydrogen) atoms. The summed E-state index contributed by atoms with van der Waals surface area (Å²) >= 11 is 5.93. The summed E-state index contributed by atoms with van der Waals surface area (Å²) in [6, 6.07) is 8.09. The maximum atomic E-state index is 13.0. The third-order valence-corrected chi connectivity index (χ3v) is 3.69. The van der Waals surface area contributed by atoms with Crippen molar-refractivity contribution >= 4 is 17.6 Å². The highest BCUT2D eigenvalue weighted by Gasteiger charge is 2.14. The number of benzene rings is 2. The Morgan fingerprint density at radius 1 is 1.29 bits per heavy atom. The van der Waals surface area contributed by atoms with Gasteiger partial charge in [0.1, 0.15) is 30.0 Å². The molecule has 0 saturated heterocycles. The molecule has 2 aromatic rings. The number of carboxylic acid groups (broad SMARTS) is 1. The monoisotopic (exact) mass is 353 g/mol. The highest BCUT2D eigenvalue weighted by molar-refractivity contribution is 6.32. The number of hydrogen-bond donors (Lipinski definition) is 2. The van der Waals surface area contributed by atoms with E-state index in [1.807, 2.05) is 0 Å². The number of ether oxygens (including phenoxy) is 2. The zero-order valence-corrected chi connectivity index (χ0v) is 13.7. The average Bonchev–Trinajstić information content (AvgIpc) is 2.54. The number of nitrogens with two attached hydrogens (primary N) is 1. The van der Waals surface area contributed by atoms with Gasteiger partial charge in [0, 0.05) is 5.56 Å². The highest BCUT2D eigenvalue weighted by atomic mass is 35.5. The second kappa shape index (κ2) is 7.99. The quantitative estimate of drug-likeness (QED) is 0.799. The Morgan fingerprint density at radius 2 is 2.00 bits per heavy atom. The van der Waals surface area contributed by atoms with E-state index < -0.39 is 17.8 Å². The van der Waals surface area contributed by atoms with Crippen molar-refractivity contribution in [1.29, 1.82) is 0 Å². The lowest BCUT2D eigenvalue weighted by atomic mass is 10.0. The first-order chi connectivity index (χ1) is 11.4. The van der Waals surface area contributed by atoms with E-state index in [9.17, 15) is 9.18 Å². The van der Waals surface area contributed by atoms with Crippen molar-refractivity contribution in [3.8, 4) is 11.5 Å². The van der Waals surface area contributed by atoms with Crippen LogP contribution in [0.15, 0.2) is 36.4 Å². The predicted octanol–water partition coefficient (Wildman–Crippen LogP) is 3.02. The Balaban J connectivity index is 2.16. The Morgan fingerprint density at radius 3 is 2.62 bits per heavy atom. The topological polar surface area (TPSA) is 81.8 Å². The van der Waals surface area contributed by atoms with Crippen molar-refractivity contribution in [2.24, 2.45) is 5.73 Å². The van der Waals surface area contributed by atoms with Gasteiger partial charge >= 0.3 is 5.97 Å². The van der Waals surface area contributed by atoms with E-state index in [1.165, 1.54) is 19.2 Å². The number of carboxylic acids is 1. The molecule has 1 unspecified atom stereocenters. The number of rotatable bonds is 7. The molecule has 0 aromatic heterocycles. The Bertz CT molecular complexity index is 739. The number of hydrogen-bond acceptors (Lipinski definition) is 4. The maximum absolute atomic E-state index is 13.0. The molecule has 0 bridgehead atoms. The normalized spacial score (nSPS) is 11.8. The fourth-order valence-electron chi connectivity index (χ4n) is 2.16. The molecule has 0 amide bonds. The van der Waals surface area contributed by atoms with Gasteiger partial charge in [-0.3, -0.25) is 4.79 Å². The smallest absolute Gasteiger partial charge is 0.320 e. The first-order valence-corrected chi connectivity index (χ1v) is 7.50. The number of aliphatic carboxylic acids is 1. The zero-order chi connectivity index (χ0) is 17.7. The summed E-state index contributed by atoms with van der Waals surface area (Å²) < 4.78 is 23.9. The molecule has 7 heteroatoms. The first-order valence-electron chi connectivity index (χ1n) is 7.12. The maximum Gasteiger partial charge on any atom is 0.320 e. The van der Waals surface area contributed by atoms with Gasteiger partial charge < -0.3 is 20.3 Å². The van der Waals surface area contributed by atoms with Crippen LogP contribution in [0, 0.1) is 5.82 Å². The summed E-state index contributed by atoms with van der Waals surface area (Å²) in [7, 11) is 1.52. The van der Waals surface area contributed by atoms with Crippen molar-refractivity contribution in [3.05, 3.63) is 58.4 Å². The second-order valence-corrected chi connectivity index (χ2v) is 5.57. The molecule has 0 heterocycles. The van der Waals surface area contributed by atoms with Gasteiger partial charge in [0.15, 0.2) is 0 Å². The van der Waals surface area contributed by atoms with Crippen molar-refractivity contribution < 1.29 is 23.8 Å². The minimum Gasteiger partial charge on any atom is -0.496 e. The van der Waals surface area contributed by atoms with E-state index in [4.69, 9.17) is 31.9 Å². The highest BCUT2D eigenvalue weighted by Crippen LogP contribution is 2.28. The predicted molar refractivity (Wildman–Crippen MR) is 88.1 cm³/mol. The lowest BCUT2D eigenvalue weighted by Crippen LogP contribution is -2.32. The van der Waals surface area contributed by atoms with Gasteiger partial charge in [-0.25, -0.2) is 4.39 Å². The lowest BCUT2D eigenvalue weighted by molar-refractivity contribution is -0.138. The van der Waals surface area contributed by atoms with Crippen LogP contribution in [0.1, 0.15) is 11.1 Å². The molecule has 128 valence electrons. The largest absolute Gasteiger partial charge is 0.496 e. The van der Waals surface area contributed by atoms with Crippen LogP contribution in [0.5, 0.6) is 11.5 Å². The van der Waals surface area contributed by atoms with Crippen molar-refractivity contribution in [2.45, 2.75) is 19.1 Å². The molecular formula is C17H17ClFNO4. The van der Waals surface area contributed by atoms with Crippen molar-refractivity contribution in [1.82, 2.24) is 0 Å². The minimum atomic E-state index is -1.07. The van der Waals surface area contributed by atoms with Gasteiger partial charge in [-0.1, -0.05) is 17.7 Å². The lowest BCUT2D eigenvalue weighted by Gasteiger charge is -2.14. The molecule has 2 rings (SSSR count). The molecular weight excluding hydrogens is 337 g/mol. The van der Waals surface area contributed by atoms with Crippen LogP contribution in [0.2, 0.25) is 5.02 Å².